The lowest BCUT2D eigenvalue weighted by Crippen LogP contribution is -2.39. The molecule has 0 radical (unpaired) electrons. The fourth-order valence-corrected chi connectivity index (χ4v) is 1.65. The summed E-state index contributed by atoms with van der Waals surface area (Å²) in [6, 6.07) is 1.47. The first-order chi connectivity index (χ1) is 9.62. The Hall–Kier alpha value is -2.12. The molecule has 5 nitrogen and oxygen atoms in total. The zero-order valence-corrected chi connectivity index (χ0v) is 11.5. The minimum atomic E-state index is -4.52. The van der Waals surface area contributed by atoms with Gasteiger partial charge in [-0.15, -0.1) is 0 Å². The van der Waals surface area contributed by atoms with Crippen LogP contribution < -0.4 is 0 Å². The molecule has 1 heterocycles. The number of pyridine rings is 1. The molecule has 0 unspecified atom stereocenters. The molecular formula is C13H15F3N2O3. The highest BCUT2D eigenvalue weighted by atomic mass is 19.4. The Kier molecular flexibility index (Phi) is 5.28. The van der Waals surface area contributed by atoms with Crippen molar-refractivity contribution < 1.29 is 27.9 Å². The number of alkyl halides is 3. The van der Waals surface area contributed by atoms with E-state index in [0.717, 1.165) is 12.1 Å². The number of carboxylic acid groups (broad SMARTS) is 1. The number of amides is 1. The molecule has 116 valence electrons. The van der Waals surface area contributed by atoms with Crippen LogP contribution in [0.2, 0.25) is 0 Å². The fraction of sp³-hybridized carbons (Fsp3) is 0.462. The number of rotatable bonds is 5. The highest BCUT2D eigenvalue weighted by Gasteiger charge is 2.31. The second-order valence-corrected chi connectivity index (χ2v) is 4.67. The summed E-state index contributed by atoms with van der Waals surface area (Å²) in [5, 5.41) is 8.64. The van der Waals surface area contributed by atoms with E-state index in [1.165, 1.54) is 4.90 Å². The van der Waals surface area contributed by atoms with Crippen LogP contribution in [0.1, 0.15) is 36.3 Å². The van der Waals surface area contributed by atoms with Gasteiger partial charge in [-0.25, -0.2) is 0 Å². The van der Waals surface area contributed by atoms with E-state index in [2.05, 4.69) is 4.98 Å². The van der Waals surface area contributed by atoms with Crippen molar-refractivity contribution in [1.82, 2.24) is 9.88 Å². The maximum atomic E-state index is 12.4. The van der Waals surface area contributed by atoms with Crippen LogP contribution in [-0.2, 0) is 11.0 Å². The molecule has 0 atom stereocenters. The zero-order valence-electron chi connectivity index (χ0n) is 11.5. The van der Waals surface area contributed by atoms with E-state index in [1.54, 1.807) is 13.8 Å². The molecule has 1 amide bonds. The van der Waals surface area contributed by atoms with Gasteiger partial charge in [0.05, 0.1) is 12.0 Å². The molecule has 8 heteroatoms. The van der Waals surface area contributed by atoms with Crippen LogP contribution in [0.4, 0.5) is 13.2 Å². The molecule has 1 aromatic rings. The van der Waals surface area contributed by atoms with E-state index >= 15 is 0 Å². The van der Waals surface area contributed by atoms with Crippen molar-refractivity contribution in [3.05, 3.63) is 29.6 Å². The standard InChI is InChI=1S/C13H15F3N2O3/c1-8(2)18(6-5-11(19)20)12(21)10-4-3-9(7-17-10)13(14,15)16/h3-4,7-8H,5-6H2,1-2H3,(H,19,20). The summed E-state index contributed by atoms with van der Waals surface area (Å²) >= 11 is 0. The van der Waals surface area contributed by atoms with Crippen LogP contribution in [0.3, 0.4) is 0 Å². The summed E-state index contributed by atoms with van der Waals surface area (Å²) in [5.41, 5.74) is -1.09. The molecule has 1 N–H and O–H groups in total. The summed E-state index contributed by atoms with van der Waals surface area (Å²) in [7, 11) is 0. The first-order valence-electron chi connectivity index (χ1n) is 6.19. The Morgan fingerprint density at radius 1 is 1.33 bits per heavy atom. The molecule has 0 spiro atoms. The maximum absolute atomic E-state index is 12.4. The van der Waals surface area contributed by atoms with Crippen molar-refractivity contribution >= 4 is 11.9 Å². The number of carboxylic acids is 1. The number of halogens is 3. The zero-order chi connectivity index (χ0) is 16.2. The average Bonchev–Trinajstić information content (AvgIpc) is 2.37. The Bertz CT molecular complexity index is 512. The number of aliphatic carboxylic acids is 1. The van der Waals surface area contributed by atoms with Crippen LogP contribution in [-0.4, -0.2) is 39.5 Å². The molecule has 1 aromatic heterocycles. The second-order valence-electron chi connectivity index (χ2n) is 4.67. The van der Waals surface area contributed by atoms with Crippen LogP contribution in [0.15, 0.2) is 18.3 Å². The summed E-state index contributed by atoms with van der Waals surface area (Å²) < 4.78 is 37.2. The lowest BCUT2D eigenvalue weighted by atomic mass is 10.2. The molecule has 0 fully saturated rings. The van der Waals surface area contributed by atoms with Gasteiger partial charge in [0.15, 0.2) is 0 Å². The molecule has 0 aliphatic heterocycles. The van der Waals surface area contributed by atoms with Crippen molar-refractivity contribution in [2.45, 2.75) is 32.5 Å². The molecule has 1 rings (SSSR count). The molecule has 0 aliphatic carbocycles. The number of hydrogen-bond donors (Lipinski definition) is 1. The van der Waals surface area contributed by atoms with Gasteiger partial charge in [0.2, 0.25) is 0 Å². The van der Waals surface area contributed by atoms with Gasteiger partial charge >= 0.3 is 12.1 Å². The van der Waals surface area contributed by atoms with Gasteiger partial charge in [-0.2, -0.15) is 13.2 Å². The average molecular weight is 304 g/mol. The van der Waals surface area contributed by atoms with Crippen LogP contribution in [0.25, 0.3) is 0 Å². The summed E-state index contributed by atoms with van der Waals surface area (Å²) in [6.07, 6.45) is -4.18. The second kappa shape index (κ2) is 6.55. The Morgan fingerprint density at radius 3 is 2.33 bits per heavy atom. The Morgan fingerprint density at radius 2 is 1.95 bits per heavy atom. The van der Waals surface area contributed by atoms with Gasteiger partial charge in [-0.3, -0.25) is 14.6 Å². The third kappa shape index (κ3) is 4.73. The van der Waals surface area contributed by atoms with Crippen LogP contribution in [0, 0.1) is 0 Å². The van der Waals surface area contributed by atoms with E-state index in [-0.39, 0.29) is 24.7 Å². The minimum Gasteiger partial charge on any atom is -0.481 e. The lowest BCUT2D eigenvalue weighted by molar-refractivity contribution is -0.138. The number of carbonyl (C=O) groups excluding carboxylic acids is 1. The number of carbonyl (C=O) groups is 2. The number of hydrogen-bond acceptors (Lipinski definition) is 3. The first-order valence-corrected chi connectivity index (χ1v) is 6.19. The molecular weight excluding hydrogens is 289 g/mol. The molecule has 0 bridgehead atoms. The van der Waals surface area contributed by atoms with Crippen molar-refractivity contribution in [3.63, 3.8) is 0 Å². The molecule has 0 saturated heterocycles. The Labute approximate surface area is 119 Å². The largest absolute Gasteiger partial charge is 0.481 e. The van der Waals surface area contributed by atoms with E-state index in [0.29, 0.717) is 6.20 Å². The molecule has 21 heavy (non-hydrogen) atoms. The predicted molar refractivity (Wildman–Crippen MR) is 67.7 cm³/mol. The third-order valence-electron chi connectivity index (χ3n) is 2.76. The third-order valence-corrected chi connectivity index (χ3v) is 2.76. The highest BCUT2D eigenvalue weighted by Crippen LogP contribution is 2.28. The van der Waals surface area contributed by atoms with Crippen molar-refractivity contribution in [2.24, 2.45) is 0 Å². The molecule has 0 saturated carbocycles. The van der Waals surface area contributed by atoms with Gasteiger partial charge in [-0.05, 0) is 26.0 Å². The summed E-state index contributed by atoms with van der Waals surface area (Å²) in [6.45, 7) is 3.34. The monoisotopic (exact) mass is 304 g/mol. The van der Waals surface area contributed by atoms with Crippen molar-refractivity contribution in [3.8, 4) is 0 Å². The van der Waals surface area contributed by atoms with E-state index < -0.39 is 23.6 Å². The normalized spacial score (nSPS) is 11.5. The van der Waals surface area contributed by atoms with Gasteiger partial charge < -0.3 is 10.0 Å². The van der Waals surface area contributed by atoms with E-state index in [9.17, 15) is 22.8 Å². The van der Waals surface area contributed by atoms with Crippen LogP contribution >= 0.6 is 0 Å². The smallest absolute Gasteiger partial charge is 0.417 e. The number of nitrogens with zero attached hydrogens (tertiary/aromatic N) is 2. The van der Waals surface area contributed by atoms with Gasteiger partial charge in [0.1, 0.15) is 5.69 Å². The van der Waals surface area contributed by atoms with E-state index in [1.807, 2.05) is 0 Å². The quantitative estimate of drug-likeness (QED) is 0.907. The maximum Gasteiger partial charge on any atom is 0.417 e. The highest BCUT2D eigenvalue weighted by molar-refractivity contribution is 5.92. The molecule has 0 aromatic carbocycles. The van der Waals surface area contributed by atoms with Gasteiger partial charge in [0, 0.05) is 18.8 Å². The van der Waals surface area contributed by atoms with Crippen molar-refractivity contribution in [1.29, 1.82) is 0 Å². The summed E-state index contributed by atoms with van der Waals surface area (Å²) in [4.78, 5) is 27.5. The van der Waals surface area contributed by atoms with E-state index in [4.69, 9.17) is 5.11 Å². The minimum absolute atomic E-state index is 0.0332. The lowest BCUT2D eigenvalue weighted by Gasteiger charge is -2.25. The van der Waals surface area contributed by atoms with Crippen LogP contribution in [0.5, 0.6) is 0 Å². The van der Waals surface area contributed by atoms with Gasteiger partial charge in [-0.1, -0.05) is 0 Å². The number of aromatic nitrogens is 1. The molecule has 0 aliphatic rings. The Balaban J connectivity index is 2.91. The fourth-order valence-electron chi connectivity index (χ4n) is 1.65. The predicted octanol–water partition coefficient (Wildman–Crippen LogP) is 2.43. The first kappa shape index (κ1) is 16.9. The summed E-state index contributed by atoms with van der Waals surface area (Å²) in [5.74, 6) is -1.66. The van der Waals surface area contributed by atoms with Crippen molar-refractivity contribution in [2.75, 3.05) is 6.54 Å². The SMILES string of the molecule is CC(C)N(CCC(=O)O)C(=O)c1ccc(C(F)(F)F)cn1. The topological polar surface area (TPSA) is 70.5 Å². The van der Waals surface area contributed by atoms with Gasteiger partial charge in [0.25, 0.3) is 5.91 Å².